The number of methoxy groups -OCH3 is 1. The Kier molecular flexibility index (Phi) is 6.00. The number of nitrogens with one attached hydrogen (secondary N) is 1. The molecule has 7 heteroatoms. The number of carbonyl (C=O) groups is 1. The highest BCUT2D eigenvalue weighted by atomic mass is 16.5. The summed E-state index contributed by atoms with van der Waals surface area (Å²) < 4.78 is 5.30. The molecule has 3 heterocycles. The van der Waals surface area contributed by atoms with Crippen LogP contribution in [0.25, 0.3) is 0 Å². The van der Waals surface area contributed by atoms with Crippen LogP contribution in [0, 0.1) is 0 Å². The van der Waals surface area contributed by atoms with E-state index in [-0.39, 0.29) is 17.5 Å². The van der Waals surface area contributed by atoms with Crippen LogP contribution in [0.4, 0.5) is 0 Å². The number of aromatic nitrogens is 2. The van der Waals surface area contributed by atoms with Crippen LogP contribution in [0.15, 0.2) is 29.1 Å². The fourth-order valence-corrected chi connectivity index (χ4v) is 5.60. The fourth-order valence-electron chi connectivity index (χ4n) is 5.60. The minimum absolute atomic E-state index is 0.0320. The van der Waals surface area contributed by atoms with Crippen LogP contribution in [-0.2, 0) is 13.0 Å². The van der Waals surface area contributed by atoms with Crippen LogP contribution in [-0.4, -0.2) is 51.9 Å². The standard InChI is InChI=1S/C25H32N4O3/c1-32-19-10-6-7-17(15-19)25(31)29-13-5-4-11-22(29)23-26-21-16-28(18-8-2-3-9-18)14-12-20(21)24(30)27-23/h6-7,10,15,18,22H,2-5,8-9,11-14,16H2,1H3,(H,26,27,30)/t22-/m0/s1. The number of amides is 1. The van der Waals surface area contributed by atoms with Gasteiger partial charge in [-0.05, 0) is 56.7 Å². The Bertz CT molecular complexity index is 1040. The first-order valence-electron chi connectivity index (χ1n) is 11.9. The van der Waals surface area contributed by atoms with Crippen molar-refractivity contribution in [2.45, 2.75) is 70.0 Å². The van der Waals surface area contributed by atoms with Crippen LogP contribution in [0.3, 0.4) is 0 Å². The number of hydrogen-bond donors (Lipinski definition) is 1. The van der Waals surface area contributed by atoms with E-state index in [0.717, 1.165) is 50.0 Å². The first-order chi connectivity index (χ1) is 15.6. The number of carbonyl (C=O) groups excluding carboxylic acids is 1. The predicted molar refractivity (Wildman–Crippen MR) is 122 cm³/mol. The summed E-state index contributed by atoms with van der Waals surface area (Å²) in [7, 11) is 1.60. The number of hydrogen-bond acceptors (Lipinski definition) is 5. The highest BCUT2D eigenvalue weighted by Gasteiger charge is 2.33. The number of ether oxygens (including phenoxy) is 1. The smallest absolute Gasteiger partial charge is 0.254 e. The lowest BCUT2D eigenvalue weighted by Crippen LogP contribution is -2.43. The van der Waals surface area contributed by atoms with Crippen molar-refractivity contribution < 1.29 is 9.53 Å². The third-order valence-corrected chi connectivity index (χ3v) is 7.36. The molecule has 32 heavy (non-hydrogen) atoms. The second kappa shape index (κ2) is 9.06. The molecule has 1 aromatic heterocycles. The molecule has 1 aliphatic carbocycles. The molecule has 2 aromatic rings. The second-order valence-electron chi connectivity index (χ2n) is 9.28. The van der Waals surface area contributed by atoms with E-state index in [9.17, 15) is 9.59 Å². The van der Waals surface area contributed by atoms with Crippen molar-refractivity contribution in [2.24, 2.45) is 0 Å². The molecule has 170 valence electrons. The van der Waals surface area contributed by atoms with Crippen LogP contribution < -0.4 is 10.3 Å². The number of nitrogens with zero attached hydrogens (tertiary/aromatic N) is 3. The zero-order valence-corrected chi connectivity index (χ0v) is 18.8. The van der Waals surface area contributed by atoms with Crippen molar-refractivity contribution in [2.75, 3.05) is 20.2 Å². The Morgan fingerprint density at radius 3 is 2.75 bits per heavy atom. The number of aromatic amines is 1. The molecule has 1 aromatic carbocycles. The quantitative estimate of drug-likeness (QED) is 0.794. The number of H-pyrrole nitrogens is 1. The maximum atomic E-state index is 13.4. The predicted octanol–water partition coefficient (Wildman–Crippen LogP) is 3.45. The molecule has 5 rings (SSSR count). The summed E-state index contributed by atoms with van der Waals surface area (Å²) in [5.41, 5.74) is 2.30. The van der Waals surface area contributed by atoms with Gasteiger partial charge in [-0.25, -0.2) is 4.98 Å². The Balaban J connectivity index is 1.43. The van der Waals surface area contributed by atoms with E-state index in [2.05, 4.69) is 9.88 Å². The first-order valence-corrected chi connectivity index (χ1v) is 11.9. The Morgan fingerprint density at radius 2 is 1.94 bits per heavy atom. The molecule has 0 unspecified atom stereocenters. The zero-order chi connectivity index (χ0) is 22.1. The average Bonchev–Trinajstić information content (AvgIpc) is 3.38. The summed E-state index contributed by atoms with van der Waals surface area (Å²) in [5.74, 6) is 1.26. The number of likely N-dealkylation sites (tertiary alicyclic amines) is 1. The molecule has 1 saturated carbocycles. The Labute approximate surface area is 188 Å². The molecule has 2 aliphatic heterocycles. The average molecular weight is 437 g/mol. The summed E-state index contributed by atoms with van der Waals surface area (Å²) >= 11 is 0. The summed E-state index contributed by atoms with van der Waals surface area (Å²) in [5, 5.41) is 0. The molecular formula is C25H32N4O3. The molecular weight excluding hydrogens is 404 g/mol. The first kappa shape index (κ1) is 21.2. The molecule has 2 fully saturated rings. The number of piperidine rings is 1. The van der Waals surface area contributed by atoms with E-state index in [1.807, 2.05) is 23.1 Å². The molecule has 1 amide bonds. The summed E-state index contributed by atoms with van der Waals surface area (Å²) in [6.45, 7) is 2.34. The summed E-state index contributed by atoms with van der Waals surface area (Å²) in [6, 6.07) is 7.68. The third-order valence-electron chi connectivity index (χ3n) is 7.36. The van der Waals surface area contributed by atoms with E-state index >= 15 is 0 Å². The van der Waals surface area contributed by atoms with Gasteiger partial charge in [0.25, 0.3) is 11.5 Å². The van der Waals surface area contributed by atoms with Gasteiger partial charge in [-0.1, -0.05) is 18.9 Å². The third kappa shape index (κ3) is 4.06. The van der Waals surface area contributed by atoms with Crippen LogP contribution in [0.5, 0.6) is 5.75 Å². The second-order valence-corrected chi connectivity index (χ2v) is 9.28. The molecule has 1 saturated heterocycles. The topological polar surface area (TPSA) is 78.5 Å². The van der Waals surface area contributed by atoms with Gasteiger partial charge in [-0.2, -0.15) is 0 Å². The van der Waals surface area contributed by atoms with Crippen LogP contribution in [0.2, 0.25) is 0 Å². The fraction of sp³-hybridized carbons (Fsp3) is 0.560. The lowest BCUT2D eigenvalue weighted by molar-refractivity contribution is 0.0598. The van der Waals surface area contributed by atoms with Crippen molar-refractivity contribution in [3.05, 3.63) is 57.3 Å². The van der Waals surface area contributed by atoms with Crippen molar-refractivity contribution >= 4 is 5.91 Å². The molecule has 1 atom stereocenters. The maximum absolute atomic E-state index is 13.4. The van der Waals surface area contributed by atoms with Crippen molar-refractivity contribution in [1.82, 2.24) is 19.8 Å². The van der Waals surface area contributed by atoms with Crippen LogP contribution >= 0.6 is 0 Å². The zero-order valence-electron chi connectivity index (χ0n) is 18.8. The highest BCUT2D eigenvalue weighted by molar-refractivity contribution is 5.95. The minimum Gasteiger partial charge on any atom is -0.497 e. The minimum atomic E-state index is -0.206. The van der Waals surface area contributed by atoms with Crippen molar-refractivity contribution in [1.29, 1.82) is 0 Å². The summed E-state index contributed by atoms with van der Waals surface area (Å²) in [6.07, 6.45) is 8.62. The largest absolute Gasteiger partial charge is 0.497 e. The number of fused-ring (bicyclic) bond motifs is 1. The van der Waals surface area contributed by atoms with Crippen molar-refractivity contribution in [3.8, 4) is 5.75 Å². The van der Waals surface area contributed by atoms with Gasteiger partial charge in [-0.3, -0.25) is 14.5 Å². The van der Waals surface area contributed by atoms with E-state index in [0.29, 0.717) is 29.7 Å². The van der Waals surface area contributed by atoms with Crippen LogP contribution in [0.1, 0.15) is 78.4 Å². The highest BCUT2D eigenvalue weighted by Crippen LogP contribution is 2.32. The van der Waals surface area contributed by atoms with Crippen molar-refractivity contribution in [3.63, 3.8) is 0 Å². The Hall–Kier alpha value is -2.67. The normalized spacial score (nSPS) is 22.0. The SMILES string of the molecule is COc1cccc(C(=O)N2CCCC[C@H]2c2nc3c(c(=O)[nH]2)CCN(C2CCCC2)C3)c1. The van der Waals surface area contributed by atoms with Gasteiger partial charge in [0.2, 0.25) is 0 Å². The number of rotatable bonds is 4. The van der Waals surface area contributed by atoms with E-state index in [1.54, 1.807) is 13.2 Å². The lowest BCUT2D eigenvalue weighted by atomic mass is 9.98. The van der Waals surface area contributed by atoms with Gasteiger partial charge in [0.15, 0.2) is 0 Å². The van der Waals surface area contributed by atoms with Gasteiger partial charge in [0.05, 0.1) is 18.8 Å². The van der Waals surface area contributed by atoms with Gasteiger partial charge >= 0.3 is 0 Å². The molecule has 0 spiro atoms. The molecule has 0 radical (unpaired) electrons. The monoisotopic (exact) mass is 436 g/mol. The molecule has 0 bridgehead atoms. The van der Waals surface area contributed by atoms with E-state index in [4.69, 9.17) is 9.72 Å². The molecule has 7 nitrogen and oxygen atoms in total. The van der Waals surface area contributed by atoms with Gasteiger partial charge in [-0.15, -0.1) is 0 Å². The van der Waals surface area contributed by atoms with E-state index < -0.39 is 0 Å². The van der Waals surface area contributed by atoms with Gasteiger partial charge in [0, 0.05) is 36.8 Å². The maximum Gasteiger partial charge on any atom is 0.254 e. The van der Waals surface area contributed by atoms with Gasteiger partial charge in [0.1, 0.15) is 11.6 Å². The lowest BCUT2D eigenvalue weighted by Gasteiger charge is -2.36. The number of benzene rings is 1. The molecule has 3 aliphatic rings. The Morgan fingerprint density at radius 1 is 1.12 bits per heavy atom. The summed E-state index contributed by atoms with van der Waals surface area (Å²) in [4.78, 5) is 38.7. The van der Waals surface area contributed by atoms with E-state index in [1.165, 1.54) is 25.7 Å². The van der Waals surface area contributed by atoms with Gasteiger partial charge < -0.3 is 14.6 Å². The molecule has 1 N–H and O–H groups in total.